The fourth-order valence-corrected chi connectivity index (χ4v) is 4.59. The van der Waals surface area contributed by atoms with Crippen LogP contribution in [-0.4, -0.2) is 47.9 Å². The Morgan fingerprint density at radius 3 is 2.62 bits per heavy atom. The van der Waals surface area contributed by atoms with E-state index >= 15 is 0 Å². The highest BCUT2D eigenvalue weighted by Crippen LogP contribution is 2.36. The summed E-state index contributed by atoms with van der Waals surface area (Å²) in [5, 5.41) is 5.39. The first-order valence-electron chi connectivity index (χ1n) is 10.4. The largest absolute Gasteiger partial charge is 0.370 e. The van der Waals surface area contributed by atoms with Crippen molar-refractivity contribution in [3.63, 3.8) is 0 Å². The van der Waals surface area contributed by atoms with Crippen LogP contribution in [0.5, 0.6) is 0 Å². The third-order valence-electron chi connectivity index (χ3n) is 6.38. The standard InChI is InChI=1S/C21H27FN4O3/c1-14-7-9-21(10-8-14)19(28)26(20(29)24-21)13-17(27)23-18-15(22)5-4-6-16(18)25-11-2-3-12-25/h4-6,14H,2-3,7-13H2,1H3,(H,23,27)(H,24,29). The molecule has 2 N–H and O–H groups in total. The van der Waals surface area contributed by atoms with Crippen LogP contribution >= 0.6 is 0 Å². The molecule has 3 aliphatic rings. The number of hydrogen-bond donors (Lipinski definition) is 2. The van der Waals surface area contributed by atoms with E-state index in [0.717, 1.165) is 43.7 Å². The highest BCUT2D eigenvalue weighted by molar-refractivity contribution is 6.10. The van der Waals surface area contributed by atoms with Crippen LogP contribution in [0, 0.1) is 11.7 Å². The van der Waals surface area contributed by atoms with E-state index in [1.165, 1.54) is 6.07 Å². The molecule has 156 valence electrons. The molecule has 0 aromatic heterocycles. The molecule has 3 fully saturated rings. The Hall–Kier alpha value is -2.64. The number of carbonyl (C=O) groups excluding carboxylic acids is 3. The van der Waals surface area contributed by atoms with Gasteiger partial charge in [-0.15, -0.1) is 0 Å². The predicted molar refractivity (Wildman–Crippen MR) is 107 cm³/mol. The van der Waals surface area contributed by atoms with Crippen LogP contribution in [0.4, 0.5) is 20.6 Å². The number of benzene rings is 1. The van der Waals surface area contributed by atoms with Gasteiger partial charge in [-0.3, -0.25) is 14.5 Å². The minimum absolute atomic E-state index is 0.104. The SMILES string of the molecule is CC1CCC2(CC1)NC(=O)N(CC(=O)Nc1c(F)cccc1N1CCCC1)C2=O. The molecule has 4 amide bonds. The second-order valence-electron chi connectivity index (χ2n) is 8.46. The molecule has 1 aliphatic carbocycles. The number of imide groups is 1. The lowest BCUT2D eigenvalue weighted by Gasteiger charge is -2.33. The average molecular weight is 402 g/mol. The van der Waals surface area contributed by atoms with Crippen LogP contribution in [0.1, 0.15) is 45.4 Å². The maximum absolute atomic E-state index is 14.5. The van der Waals surface area contributed by atoms with Crippen LogP contribution < -0.4 is 15.5 Å². The molecule has 2 saturated heterocycles. The van der Waals surface area contributed by atoms with E-state index in [9.17, 15) is 18.8 Å². The Bertz CT molecular complexity index is 829. The van der Waals surface area contributed by atoms with Crippen LogP contribution in [0.2, 0.25) is 0 Å². The summed E-state index contributed by atoms with van der Waals surface area (Å²) in [6.45, 7) is 3.32. The molecule has 0 radical (unpaired) electrons. The van der Waals surface area contributed by atoms with Crippen molar-refractivity contribution in [2.45, 2.75) is 51.0 Å². The van der Waals surface area contributed by atoms with Gasteiger partial charge in [-0.2, -0.15) is 0 Å². The van der Waals surface area contributed by atoms with Gasteiger partial charge in [0.25, 0.3) is 5.91 Å². The Morgan fingerprint density at radius 1 is 1.24 bits per heavy atom. The van der Waals surface area contributed by atoms with Crippen molar-refractivity contribution in [3.05, 3.63) is 24.0 Å². The molecule has 0 bridgehead atoms. The minimum atomic E-state index is -0.886. The predicted octanol–water partition coefficient (Wildman–Crippen LogP) is 2.87. The van der Waals surface area contributed by atoms with E-state index < -0.39 is 29.8 Å². The third-order valence-corrected chi connectivity index (χ3v) is 6.38. The molecule has 1 aromatic carbocycles. The van der Waals surface area contributed by atoms with Gasteiger partial charge >= 0.3 is 6.03 Å². The highest BCUT2D eigenvalue weighted by atomic mass is 19.1. The Labute approximate surface area is 169 Å². The van der Waals surface area contributed by atoms with Crippen LogP contribution in [0.15, 0.2) is 18.2 Å². The van der Waals surface area contributed by atoms with E-state index in [-0.39, 0.29) is 11.6 Å². The minimum Gasteiger partial charge on any atom is -0.370 e. The molecular weight excluding hydrogens is 375 g/mol. The van der Waals surface area contributed by atoms with Crippen molar-refractivity contribution < 1.29 is 18.8 Å². The number of nitrogens with zero attached hydrogens (tertiary/aromatic N) is 2. The lowest BCUT2D eigenvalue weighted by Crippen LogP contribution is -2.49. The number of carbonyl (C=O) groups is 3. The smallest absolute Gasteiger partial charge is 0.325 e. The Kier molecular flexibility index (Phi) is 5.19. The first-order chi connectivity index (χ1) is 13.9. The van der Waals surface area contributed by atoms with Crippen molar-refractivity contribution in [1.29, 1.82) is 0 Å². The molecule has 0 atom stereocenters. The summed E-state index contributed by atoms with van der Waals surface area (Å²) >= 11 is 0. The molecule has 0 unspecified atom stereocenters. The molecule has 4 rings (SSSR count). The van der Waals surface area contributed by atoms with Crippen LogP contribution in [0.3, 0.4) is 0 Å². The highest BCUT2D eigenvalue weighted by Gasteiger charge is 2.52. The molecule has 1 aromatic rings. The first kappa shape index (κ1) is 19.7. The zero-order chi connectivity index (χ0) is 20.6. The fraction of sp³-hybridized carbons (Fsp3) is 0.571. The van der Waals surface area contributed by atoms with E-state index in [4.69, 9.17) is 0 Å². The Morgan fingerprint density at radius 2 is 1.93 bits per heavy atom. The molecule has 7 nitrogen and oxygen atoms in total. The van der Waals surface area contributed by atoms with Crippen LogP contribution in [-0.2, 0) is 9.59 Å². The lowest BCUT2D eigenvalue weighted by molar-refractivity contribution is -0.135. The molecular formula is C21H27FN4O3. The van der Waals surface area contributed by atoms with Crippen molar-refractivity contribution in [1.82, 2.24) is 10.2 Å². The van der Waals surface area contributed by atoms with Gasteiger partial charge in [-0.1, -0.05) is 13.0 Å². The van der Waals surface area contributed by atoms with Gasteiger partial charge in [0.2, 0.25) is 5.91 Å². The zero-order valence-electron chi connectivity index (χ0n) is 16.7. The van der Waals surface area contributed by atoms with Crippen molar-refractivity contribution in [3.8, 4) is 0 Å². The van der Waals surface area contributed by atoms with E-state index in [1.54, 1.807) is 12.1 Å². The maximum atomic E-state index is 14.5. The second-order valence-corrected chi connectivity index (χ2v) is 8.46. The van der Waals surface area contributed by atoms with Crippen molar-refractivity contribution in [2.75, 3.05) is 29.9 Å². The van der Waals surface area contributed by atoms with Crippen LogP contribution in [0.25, 0.3) is 0 Å². The Balaban J connectivity index is 1.47. The summed E-state index contributed by atoms with van der Waals surface area (Å²) in [7, 11) is 0. The summed E-state index contributed by atoms with van der Waals surface area (Å²) in [6.07, 6.45) is 4.94. The molecule has 1 spiro atoms. The van der Waals surface area contributed by atoms with Gasteiger partial charge in [0.1, 0.15) is 23.6 Å². The summed E-state index contributed by atoms with van der Waals surface area (Å²) < 4.78 is 14.5. The van der Waals surface area contributed by atoms with Gasteiger partial charge in [-0.25, -0.2) is 9.18 Å². The second kappa shape index (κ2) is 7.65. The summed E-state index contributed by atoms with van der Waals surface area (Å²) in [6, 6.07) is 4.13. The molecule has 2 heterocycles. The molecule has 1 saturated carbocycles. The van der Waals surface area contributed by atoms with E-state index in [0.29, 0.717) is 24.4 Å². The number of urea groups is 1. The molecule has 2 aliphatic heterocycles. The number of para-hydroxylation sites is 1. The van der Waals surface area contributed by atoms with Gasteiger partial charge < -0.3 is 15.5 Å². The number of nitrogens with one attached hydrogen (secondary N) is 2. The fourth-order valence-electron chi connectivity index (χ4n) is 4.59. The topological polar surface area (TPSA) is 81.8 Å². The maximum Gasteiger partial charge on any atom is 0.325 e. The molecule has 8 heteroatoms. The first-order valence-corrected chi connectivity index (χ1v) is 10.4. The normalized spacial score (nSPS) is 26.9. The van der Waals surface area contributed by atoms with Crippen molar-refractivity contribution >= 4 is 29.2 Å². The number of anilines is 2. The number of rotatable bonds is 4. The number of amides is 4. The zero-order valence-corrected chi connectivity index (χ0v) is 16.7. The summed E-state index contributed by atoms with van der Waals surface area (Å²) in [5.41, 5.74) is -0.152. The van der Waals surface area contributed by atoms with E-state index in [1.807, 2.05) is 4.90 Å². The van der Waals surface area contributed by atoms with Crippen molar-refractivity contribution in [2.24, 2.45) is 5.92 Å². The molecule has 29 heavy (non-hydrogen) atoms. The van der Waals surface area contributed by atoms with Gasteiger partial charge in [0, 0.05) is 13.1 Å². The lowest BCUT2D eigenvalue weighted by atomic mass is 9.77. The number of hydrogen-bond acceptors (Lipinski definition) is 4. The van der Waals surface area contributed by atoms with Gasteiger partial charge in [-0.05, 0) is 56.6 Å². The summed E-state index contributed by atoms with van der Waals surface area (Å²) in [5.74, 6) is -0.941. The monoisotopic (exact) mass is 402 g/mol. The van der Waals surface area contributed by atoms with E-state index in [2.05, 4.69) is 17.6 Å². The third kappa shape index (κ3) is 3.68. The quantitative estimate of drug-likeness (QED) is 0.759. The average Bonchev–Trinajstić information content (AvgIpc) is 3.30. The van der Waals surface area contributed by atoms with Gasteiger partial charge in [0.15, 0.2) is 0 Å². The summed E-state index contributed by atoms with van der Waals surface area (Å²) in [4.78, 5) is 40.9. The number of halogens is 1. The van der Waals surface area contributed by atoms with Gasteiger partial charge in [0.05, 0.1) is 5.69 Å².